The second-order valence-electron chi connectivity index (χ2n) is 6.34. The summed E-state index contributed by atoms with van der Waals surface area (Å²) in [7, 11) is 2.00. The molecule has 1 aromatic carbocycles. The molecule has 2 atom stereocenters. The Morgan fingerprint density at radius 1 is 1.18 bits per heavy atom. The van der Waals surface area contributed by atoms with E-state index < -0.39 is 0 Å². The van der Waals surface area contributed by atoms with Crippen molar-refractivity contribution in [2.24, 2.45) is 5.92 Å². The van der Waals surface area contributed by atoms with Crippen LogP contribution in [0.25, 0.3) is 0 Å². The van der Waals surface area contributed by atoms with Crippen molar-refractivity contribution in [1.82, 2.24) is 10.2 Å². The first-order valence-electron chi connectivity index (χ1n) is 8.42. The number of carbonyl (C=O) groups is 1. The van der Waals surface area contributed by atoms with Gasteiger partial charge in [-0.2, -0.15) is 0 Å². The van der Waals surface area contributed by atoms with Crippen molar-refractivity contribution in [3.05, 3.63) is 35.9 Å². The molecule has 2 aliphatic rings. The Hall–Kier alpha value is -1.39. The maximum Gasteiger partial charge on any atom is 0.228 e. The lowest BCUT2D eigenvalue weighted by atomic mass is 9.87. The minimum atomic E-state index is -0.0792. The first-order chi connectivity index (χ1) is 10.8. The van der Waals surface area contributed by atoms with Crippen LogP contribution in [0.3, 0.4) is 0 Å². The predicted molar refractivity (Wildman–Crippen MR) is 86.5 cm³/mol. The quantitative estimate of drug-likeness (QED) is 0.932. The molecule has 2 aliphatic heterocycles. The minimum Gasteiger partial charge on any atom is -0.373 e. The topological polar surface area (TPSA) is 41.6 Å². The molecule has 2 unspecified atom stereocenters. The Morgan fingerprint density at radius 3 is 2.59 bits per heavy atom. The zero-order valence-corrected chi connectivity index (χ0v) is 13.3. The Morgan fingerprint density at radius 2 is 1.91 bits per heavy atom. The van der Waals surface area contributed by atoms with Crippen molar-refractivity contribution in [2.75, 3.05) is 26.7 Å². The summed E-state index contributed by atoms with van der Waals surface area (Å²) >= 11 is 0. The molecule has 0 radical (unpaired) electrons. The Bertz CT molecular complexity index is 483. The first kappa shape index (κ1) is 15.5. The minimum absolute atomic E-state index is 0.0257. The van der Waals surface area contributed by atoms with E-state index in [2.05, 4.69) is 17.4 Å². The van der Waals surface area contributed by atoms with E-state index in [4.69, 9.17) is 4.74 Å². The van der Waals surface area contributed by atoms with Crippen LogP contribution in [0.15, 0.2) is 30.3 Å². The summed E-state index contributed by atoms with van der Waals surface area (Å²) in [6, 6.07) is 10.7. The number of nitrogens with one attached hydrogen (secondary N) is 1. The maximum atomic E-state index is 13.0. The molecule has 0 saturated carbocycles. The molecule has 1 amide bonds. The fourth-order valence-corrected chi connectivity index (χ4v) is 3.63. The smallest absolute Gasteiger partial charge is 0.228 e. The van der Waals surface area contributed by atoms with E-state index in [1.807, 2.05) is 30.1 Å². The normalized spacial score (nSPS) is 26.9. The summed E-state index contributed by atoms with van der Waals surface area (Å²) < 4.78 is 5.97. The van der Waals surface area contributed by atoms with Gasteiger partial charge in [0.25, 0.3) is 0 Å². The van der Waals surface area contributed by atoms with E-state index in [-0.39, 0.29) is 17.9 Å². The molecule has 1 aromatic rings. The van der Waals surface area contributed by atoms with Crippen LogP contribution in [0.5, 0.6) is 0 Å². The Kier molecular flexibility index (Phi) is 5.11. The van der Waals surface area contributed by atoms with Gasteiger partial charge in [-0.1, -0.05) is 30.3 Å². The molecule has 0 bridgehead atoms. The van der Waals surface area contributed by atoms with Gasteiger partial charge in [0.15, 0.2) is 0 Å². The molecule has 3 rings (SSSR count). The number of hydrogen-bond acceptors (Lipinski definition) is 3. The number of hydrogen-bond donors (Lipinski definition) is 1. The SMILES string of the molecule is CNC1CCN(C(=O)C2CCCOC2c2ccccc2)CC1. The molecule has 2 heterocycles. The van der Waals surface area contributed by atoms with Crippen LogP contribution in [0.2, 0.25) is 0 Å². The van der Waals surface area contributed by atoms with Crippen molar-refractivity contribution in [2.45, 2.75) is 37.8 Å². The number of carbonyl (C=O) groups excluding carboxylic acids is 1. The lowest BCUT2D eigenvalue weighted by Crippen LogP contribution is -2.47. The standard InChI is InChI=1S/C18H26N2O2/c1-19-15-9-11-20(12-10-15)18(21)16-8-5-13-22-17(16)14-6-3-2-4-7-14/h2-4,6-7,15-17,19H,5,8-13H2,1H3. The Labute approximate surface area is 132 Å². The van der Waals surface area contributed by atoms with E-state index in [9.17, 15) is 4.79 Å². The average molecular weight is 302 g/mol. The lowest BCUT2D eigenvalue weighted by Gasteiger charge is -2.38. The number of likely N-dealkylation sites (tertiary alicyclic amines) is 1. The molecule has 0 aliphatic carbocycles. The van der Waals surface area contributed by atoms with Gasteiger partial charge in [-0.05, 0) is 38.3 Å². The van der Waals surface area contributed by atoms with Crippen LogP contribution >= 0.6 is 0 Å². The highest BCUT2D eigenvalue weighted by molar-refractivity contribution is 5.80. The molecule has 2 saturated heterocycles. The highest BCUT2D eigenvalue weighted by Gasteiger charge is 2.36. The van der Waals surface area contributed by atoms with Crippen molar-refractivity contribution < 1.29 is 9.53 Å². The van der Waals surface area contributed by atoms with Gasteiger partial charge in [0.05, 0.1) is 12.0 Å². The zero-order valence-electron chi connectivity index (χ0n) is 13.3. The number of nitrogens with zero attached hydrogens (tertiary/aromatic N) is 1. The van der Waals surface area contributed by atoms with Crippen LogP contribution in [-0.4, -0.2) is 43.6 Å². The molecule has 4 heteroatoms. The molecule has 0 aromatic heterocycles. The molecule has 1 N–H and O–H groups in total. The highest BCUT2D eigenvalue weighted by atomic mass is 16.5. The number of benzene rings is 1. The summed E-state index contributed by atoms with van der Waals surface area (Å²) in [4.78, 5) is 15.0. The van der Waals surface area contributed by atoms with E-state index in [1.54, 1.807) is 0 Å². The Balaban J connectivity index is 1.69. The first-order valence-corrected chi connectivity index (χ1v) is 8.42. The summed E-state index contributed by atoms with van der Waals surface area (Å²) in [5, 5.41) is 3.31. The molecule has 120 valence electrons. The van der Waals surface area contributed by atoms with Gasteiger partial charge in [0.2, 0.25) is 5.91 Å². The van der Waals surface area contributed by atoms with Crippen molar-refractivity contribution in [1.29, 1.82) is 0 Å². The van der Waals surface area contributed by atoms with Crippen LogP contribution in [0.4, 0.5) is 0 Å². The molecule has 22 heavy (non-hydrogen) atoms. The van der Waals surface area contributed by atoms with Crippen LogP contribution in [0.1, 0.15) is 37.4 Å². The van der Waals surface area contributed by atoms with Crippen LogP contribution in [0, 0.1) is 5.92 Å². The summed E-state index contributed by atoms with van der Waals surface area (Å²) in [6.45, 7) is 2.48. The fraction of sp³-hybridized carbons (Fsp3) is 0.611. The van der Waals surface area contributed by atoms with Crippen molar-refractivity contribution >= 4 is 5.91 Å². The second-order valence-corrected chi connectivity index (χ2v) is 6.34. The maximum absolute atomic E-state index is 13.0. The molecule has 0 spiro atoms. The lowest BCUT2D eigenvalue weighted by molar-refractivity contribution is -0.146. The van der Waals surface area contributed by atoms with Gasteiger partial charge in [-0.25, -0.2) is 0 Å². The fourth-order valence-electron chi connectivity index (χ4n) is 3.63. The number of ether oxygens (including phenoxy) is 1. The van der Waals surface area contributed by atoms with Crippen LogP contribution in [-0.2, 0) is 9.53 Å². The van der Waals surface area contributed by atoms with Crippen molar-refractivity contribution in [3.63, 3.8) is 0 Å². The van der Waals surface area contributed by atoms with Crippen molar-refractivity contribution in [3.8, 4) is 0 Å². The van der Waals surface area contributed by atoms with Gasteiger partial charge < -0.3 is 15.0 Å². The predicted octanol–water partition coefficient (Wildman–Crippen LogP) is 2.36. The van der Waals surface area contributed by atoms with Gasteiger partial charge >= 0.3 is 0 Å². The molecular formula is C18H26N2O2. The number of rotatable bonds is 3. The van der Waals surface area contributed by atoms with E-state index in [1.165, 1.54) is 0 Å². The molecule has 4 nitrogen and oxygen atoms in total. The molecule has 2 fully saturated rings. The molecular weight excluding hydrogens is 276 g/mol. The van der Waals surface area contributed by atoms with Crippen LogP contribution < -0.4 is 5.32 Å². The van der Waals surface area contributed by atoms with E-state index in [0.29, 0.717) is 6.04 Å². The summed E-state index contributed by atoms with van der Waals surface area (Å²) in [6.07, 6.45) is 3.93. The van der Waals surface area contributed by atoms with E-state index >= 15 is 0 Å². The number of piperidine rings is 1. The average Bonchev–Trinajstić information content (AvgIpc) is 2.62. The second kappa shape index (κ2) is 7.25. The monoisotopic (exact) mass is 302 g/mol. The largest absolute Gasteiger partial charge is 0.373 e. The van der Waals surface area contributed by atoms with Gasteiger partial charge in [-0.15, -0.1) is 0 Å². The number of amides is 1. The van der Waals surface area contributed by atoms with Gasteiger partial charge in [0.1, 0.15) is 0 Å². The third kappa shape index (κ3) is 3.33. The third-order valence-corrected chi connectivity index (χ3v) is 4.98. The highest BCUT2D eigenvalue weighted by Crippen LogP contribution is 2.35. The summed E-state index contributed by atoms with van der Waals surface area (Å²) in [5.41, 5.74) is 1.13. The van der Waals surface area contributed by atoms with Gasteiger partial charge in [-0.3, -0.25) is 4.79 Å². The van der Waals surface area contributed by atoms with E-state index in [0.717, 1.165) is 50.9 Å². The third-order valence-electron chi connectivity index (χ3n) is 4.98. The zero-order chi connectivity index (χ0) is 15.4. The summed E-state index contributed by atoms with van der Waals surface area (Å²) in [5.74, 6) is 0.255. The van der Waals surface area contributed by atoms with Gasteiger partial charge in [0, 0.05) is 25.7 Å².